The summed E-state index contributed by atoms with van der Waals surface area (Å²) in [5.41, 5.74) is 1.14. The number of nitrogens with zero attached hydrogens (tertiary/aromatic N) is 1. The number of benzene rings is 1. The summed E-state index contributed by atoms with van der Waals surface area (Å²) in [6.45, 7) is 2.03. The van der Waals surface area contributed by atoms with Gasteiger partial charge in [0.05, 0.1) is 17.3 Å². The minimum Gasteiger partial charge on any atom is -0.335 e. The van der Waals surface area contributed by atoms with Crippen LogP contribution in [0.15, 0.2) is 27.6 Å². The van der Waals surface area contributed by atoms with E-state index in [1.807, 2.05) is 30.0 Å². The Morgan fingerprint density at radius 3 is 2.61 bits per heavy atom. The third-order valence-corrected chi connectivity index (χ3v) is 7.72. The van der Waals surface area contributed by atoms with Crippen molar-refractivity contribution in [1.82, 2.24) is 4.90 Å². The summed E-state index contributed by atoms with van der Waals surface area (Å²) in [4.78, 5) is 15.6. The zero-order valence-corrected chi connectivity index (χ0v) is 16.2. The maximum Gasteiger partial charge on any atom is 0.233 e. The molecule has 0 N–H and O–H groups in total. The zero-order chi connectivity index (χ0) is 16.6. The van der Waals surface area contributed by atoms with Gasteiger partial charge in [-0.3, -0.25) is 4.79 Å². The Morgan fingerprint density at radius 2 is 2.04 bits per heavy atom. The summed E-state index contributed by atoms with van der Waals surface area (Å²) >= 11 is 4.98. The van der Waals surface area contributed by atoms with Crippen LogP contribution in [0.1, 0.15) is 24.8 Å². The van der Waals surface area contributed by atoms with Crippen LogP contribution in [0.5, 0.6) is 0 Å². The van der Waals surface area contributed by atoms with Gasteiger partial charge in [0.25, 0.3) is 0 Å². The van der Waals surface area contributed by atoms with Gasteiger partial charge in [-0.25, -0.2) is 8.42 Å². The van der Waals surface area contributed by atoms with Gasteiger partial charge in [-0.2, -0.15) is 0 Å². The lowest BCUT2D eigenvalue weighted by atomic mass is 10.2. The number of halogens is 1. The molecule has 0 radical (unpaired) electrons. The number of rotatable bonds is 5. The van der Waals surface area contributed by atoms with Gasteiger partial charge in [-0.05, 0) is 49.9 Å². The van der Waals surface area contributed by atoms with Crippen LogP contribution in [-0.4, -0.2) is 48.6 Å². The standard InChI is InChI=1S/C16H20BrNO3S2/c1-11-8-12(17)2-5-15(11)22-9-16(19)18(13-3-4-13)14-6-7-23(20,21)10-14/h2,5,8,13-14H,3-4,6-7,9-10H2,1H3. The van der Waals surface area contributed by atoms with E-state index in [9.17, 15) is 13.2 Å². The van der Waals surface area contributed by atoms with Crippen molar-refractivity contribution in [2.75, 3.05) is 17.3 Å². The number of hydrogen-bond donors (Lipinski definition) is 0. The monoisotopic (exact) mass is 417 g/mol. The molecule has 1 aromatic carbocycles. The highest BCUT2D eigenvalue weighted by molar-refractivity contribution is 9.10. The fourth-order valence-corrected chi connectivity index (χ4v) is 6.11. The lowest BCUT2D eigenvalue weighted by Gasteiger charge is -2.28. The number of thioether (sulfide) groups is 1. The van der Waals surface area contributed by atoms with Gasteiger partial charge in [0, 0.05) is 21.5 Å². The summed E-state index contributed by atoms with van der Waals surface area (Å²) in [5.74, 6) is 0.793. The Morgan fingerprint density at radius 1 is 1.30 bits per heavy atom. The first-order chi connectivity index (χ1) is 10.9. The van der Waals surface area contributed by atoms with E-state index in [0.717, 1.165) is 27.8 Å². The lowest BCUT2D eigenvalue weighted by molar-refractivity contribution is -0.130. The van der Waals surface area contributed by atoms with Crippen molar-refractivity contribution >= 4 is 43.4 Å². The SMILES string of the molecule is Cc1cc(Br)ccc1SCC(=O)N(C1CC1)C1CCS(=O)(=O)C1. The largest absolute Gasteiger partial charge is 0.335 e. The molecule has 126 valence electrons. The summed E-state index contributed by atoms with van der Waals surface area (Å²) in [5, 5.41) is 0. The second-order valence-electron chi connectivity index (χ2n) is 6.29. The maximum absolute atomic E-state index is 12.7. The number of aryl methyl sites for hydroxylation is 1. The summed E-state index contributed by atoms with van der Waals surface area (Å²) in [6, 6.07) is 6.16. The van der Waals surface area contributed by atoms with E-state index in [1.165, 1.54) is 11.8 Å². The highest BCUT2D eigenvalue weighted by Gasteiger charge is 2.41. The summed E-state index contributed by atoms with van der Waals surface area (Å²) < 4.78 is 24.5. The van der Waals surface area contributed by atoms with Crippen molar-refractivity contribution in [2.45, 2.75) is 43.2 Å². The predicted molar refractivity (Wildman–Crippen MR) is 96.5 cm³/mol. The Balaban J connectivity index is 1.65. The Bertz CT molecular complexity index is 716. The molecule has 1 heterocycles. The molecule has 7 heteroatoms. The molecule has 2 fully saturated rings. The molecule has 1 aromatic rings. The second-order valence-corrected chi connectivity index (χ2v) is 10.4. The zero-order valence-electron chi connectivity index (χ0n) is 13.0. The Hall–Kier alpha value is -0.530. The molecule has 1 saturated heterocycles. The number of carbonyl (C=O) groups excluding carboxylic acids is 1. The molecule has 3 rings (SSSR count). The first-order valence-electron chi connectivity index (χ1n) is 7.76. The first kappa shape index (κ1) is 17.3. The topological polar surface area (TPSA) is 54.5 Å². The second kappa shape index (κ2) is 6.76. The van der Waals surface area contributed by atoms with E-state index in [4.69, 9.17) is 0 Å². The van der Waals surface area contributed by atoms with Crippen molar-refractivity contribution in [3.8, 4) is 0 Å². The van der Waals surface area contributed by atoms with Gasteiger partial charge in [-0.1, -0.05) is 15.9 Å². The third kappa shape index (κ3) is 4.31. The van der Waals surface area contributed by atoms with E-state index in [2.05, 4.69) is 15.9 Å². The van der Waals surface area contributed by atoms with Gasteiger partial charge in [0.15, 0.2) is 9.84 Å². The first-order valence-corrected chi connectivity index (χ1v) is 11.4. The van der Waals surface area contributed by atoms with Crippen molar-refractivity contribution in [3.05, 3.63) is 28.2 Å². The number of sulfone groups is 1. The molecular weight excluding hydrogens is 398 g/mol. The van der Waals surface area contributed by atoms with Crippen LogP contribution < -0.4 is 0 Å². The molecule has 0 bridgehead atoms. The molecule has 1 aliphatic heterocycles. The van der Waals surface area contributed by atoms with Gasteiger partial charge < -0.3 is 4.90 Å². The van der Waals surface area contributed by atoms with Gasteiger partial charge in [-0.15, -0.1) is 11.8 Å². The lowest BCUT2D eigenvalue weighted by Crippen LogP contribution is -2.43. The van der Waals surface area contributed by atoms with Crippen molar-refractivity contribution in [2.24, 2.45) is 0 Å². The third-order valence-electron chi connectivity index (χ3n) is 4.32. The van der Waals surface area contributed by atoms with Crippen LogP contribution in [0.25, 0.3) is 0 Å². The average molecular weight is 418 g/mol. The highest BCUT2D eigenvalue weighted by Crippen LogP contribution is 2.34. The fourth-order valence-electron chi connectivity index (χ4n) is 3.04. The van der Waals surface area contributed by atoms with Crippen LogP contribution in [-0.2, 0) is 14.6 Å². The quantitative estimate of drug-likeness (QED) is 0.690. The molecule has 1 atom stereocenters. The molecular formula is C16H20BrNO3S2. The fraction of sp³-hybridized carbons (Fsp3) is 0.562. The molecule has 1 aliphatic carbocycles. The summed E-state index contributed by atoms with van der Waals surface area (Å²) in [6.07, 6.45) is 2.60. The Kier molecular flexibility index (Phi) is 5.09. The van der Waals surface area contributed by atoms with E-state index < -0.39 is 9.84 Å². The molecule has 0 aromatic heterocycles. The molecule has 1 unspecified atom stereocenters. The molecule has 23 heavy (non-hydrogen) atoms. The molecule has 2 aliphatic rings. The van der Waals surface area contributed by atoms with Gasteiger partial charge >= 0.3 is 0 Å². The van der Waals surface area contributed by atoms with Crippen molar-refractivity contribution < 1.29 is 13.2 Å². The van der Waals surface area contributed by atoms with E-state index in [0.29, 0.717) is 12.2 Å². The van der Waals surface area contributed by atoms with Crippen molar-refractivity contribution in [1.29, 1.82) is 0 Å². The predicted octanol–water partition coefficient (Wildman–Crippen LogP) is 3.03. The summed E-state index contributed by atoms with van der Waals surface area (Å²) in [7, 11) is -2.96. The minimum atomic E-state index is -2.96. The smallest absolute Gasteiger partial charge is 0.233 e. The maximum atomic E-state index is 12.7. The van der Waals surface area contributed by atoms with Gasteiger partial charge in [0.1, 0.15) is 0 Å². The molecule has 1 saturated carbocycles. The van der Waals surface area contributed by atoms with Crippen LogP contribution in [0, 0.1) is 6.92 Å². The van der Waals surface area contributed by atoms with Crippen LogP contribution in [0.4, 0.5) is 0 Å². The molecule has 4 nitrogen and oxygen atoms in total. The Labute approximate surface area is 150 Å². The molecule has 0 spiro atoms. The van der Waals surface area contributed by atoms with E-state index in [1.54, 1.807) is 0 Å². The van der Waals surface area contributed by atoms with Crippen LogP contribution in [0.3, 0.4) is 0 Å². The van der Waals surface area contributed by atoms with Crippen molar-refractivity contribution in [3.63, 3.8) is 0 Å². The van der Waals surface area contributed by atoms with E-state index >= 15 is 0 Å². The van der Waals surface area contributed by atoms with Crippen LogP contribution in [0.2, 0.25) is 0 Å². The number of hydrogen-bond acceptors (Lipinski definition) is 4. The average Bonchev–Trinajstić information content (AvgIpc) is 3.22. The highest BCUT2D eigenvalue weighted by atomic mass is 79.9. The minimum absolute atomic E-state index is 0.0712. The van der Waals surface area contributed by atoms with E-state index in [-0.39, 0.29) is 29.5 Å². The van der Waals surface area contributed by atoms with Gasteiger partial charge in [0.2, 0.25) is 5.91 Å². The molecule has 1 amide bonds. The number of amides is 1. The normalized spacial score (nSPS) is 23.0. The number of carbonyl (C=O) groups is 1. The van der Waals surface area contributed by atoms with Crippen LogP contribution >= 0.6 is 27.7 Å².